The van der Waals surface area contributed by atoms with E-state index in [1.54, 1.807) is 0 Å². The van der Waals surface area contributed by atoms with Crippen LogP contribution in [-0.2, 0) is 0 Å². The van der Waals surface area contributed by atoms with Crippen molar-refractivity contribution in [2.24, 2.45) is 27.9 Å². The summed E-state index contributed by atoms with van der Waals surface area (Å²) in [5, 5.41) is 0. The molecule has 0 heterocycles. The molecule has 4 saturated carbocycles. The van der Waals surface area contributed by atoms with Gasteiger partial charge >= 0.3 is 0 Å². The molecule has 1 heteroatoms. The van der Waals surface area contributed by atoms with Crippen LogP contribution in [0.4, 0.5) is 0 Å². The summed E-state index contributed by atoms with van der Waals surface area (Å²) in [6.07, 6.45) is 8.67. The molecule has 4 aliphatic carbocycles. The van der Waals surface area contributed by atoms with Crippen molar-refractivity contribution in [2.75, 3.05) is 0 Å². The van der Waals surface area contributed by atoms with Gasteiger partial charge in [-0.3, -0.25) is 0 Å². The molecule has 2 N–H and O–H groups in total. The van der Waals surface area contributed by atoms with E-state index in [1.165, 1.54) is 38.5 Å². The standard InChI is InChI=1S/C14H25N/c1-10(15)14-6-11-4-12(2,8-14)7-13(3,5-11)9-14/h10-11H,4-9,15H2,1-3H3/t10-,11?,12+,13+,14?/m0/s1. The highest BCUT2D eigenvalue weighted by atomic mass is 14.7. The van der Waals surface area contributed by atoms with Crippen molar-refractivity contribution in [1.82, 2.24) is 0 Å². The fourth-order valence-corrected chi connectivity index (χ4v) is 6.04. The predicted molar refractivity (Wildman–Crippen MR) is 63.5 cm³/mol. The van der Waals surface area contributed by atoms with Crippen molar-refractivity contribution in [3.63, 3.8) is 0 Å². The smallest absolute Gasteiger partial charge is 0.00675 e. The molecule has 0 aromatic rings. The summed E-state index contributed by atoms with van der Waals surface area (Å²) in [4.78, 5) is 0. The first-order valence-electron chi connectivity index (χ1n) is 6.61. The molecule has 0 saturated heterocycles. The van der Waals surface area contributed by atoms with Gasteiger partial charge in [-0.25, -0.2) is 0 Å². The quantitative estimate of drug-likeness (QED) is 0.701. The van der Waals surface area contributed by atoms with Crippen LogP contribution >= 0.6 is 0 Å². The zero-order valence-electron chi connectivity index (χ0n) is 10.5. The second kappa shape index (κ2) is 2.61. The number of nitrogens with two attached hydrogens (primary N) is 1. The Balaban J connectivity index is 2.02. The lowest BCUT2D eigenvalue weighted by Crippen LogP contribution is -2.59. The van der Waals surface area contributed by atoms with E-state index in [9.17, 15) is 0 Å². The lowest BCUT2D eigenvalue weighted by Gasteiger charge is -2.66. The Bertz CT molecular complexity index is 276. The number of hydrogen-bond donors (Lipinski definition) is 1. The highest BCUT2D eigenvalue weighted by molar-refractivity contribution is 5.12. The molecule has 0 aromatic carbocycles. The maximum absolute atomic E-state index is 6.31. The summed E-state index contributed by atoms with van der Waals surface area (Å²) in [5.41, 5.74) is 8.07. The van der Waals surface area contributed by atoms with E-state index in [4.69, 9.17) is 5.73 Å². The zero-order chi connectivity index (χ0) is 10.9. The SMILES string of the molecule is C[C@H](N)C12CC3C[C@@](C)(C1)C[C@@](C)(C3)C2. The molecule has 86 valence electrons. The van der Waals surface area contributed by atoms with Gasteiger partial charge in [-0.2, -0.15) is 0 Å². The van der Waals surface area contributed by atoms with Crippen molar-refractivity contribution in [3.8, 4) is 0 Å². The van der Waals surface area contributed by atoms with Gasteiger partial charge in [0.05, 0.1) is 0 Å². The third-order valence-electron chi connectivity index (χ3n) is 5.64. The topological polar surface area (TPSA) is 26.0 Å². The Kier molecular flexibility index (Phi) is 1.77. The van der Waals surface area contributed by atoms with Crippen molar-refractivity contribution in [1.29, 1.82) is 0 Å². The molecule has 0 radical (unpaired) electrons. The minimum Gasteiger partial charge on any atom is -0.327 e. The summed E-state index contributed by atoms with van der Waals surface area (Å²) in [6, 6.07) is 0.402. The maximum atomic E-state index is 6.31. The van der Waals surface area contributed by atoms with Crippen LogP contribution in [0.2, 0.25) is 0 Å². The van der Waals surface area contributed by atoms with E-state index in [2.05, 4.69) is 20.8 Å². The summed E-state index contributed by atoms with van der Waals surface area (Å²) in [7, 11) is 0. The fraction of sp³-hybridized carbons (Fsp3) is 1.00. The molecule has 0 aliphatic heterocycles. The predicted octanol–water partition coefficient (Wildman–Crippen LogP) is 3.33. The lowest BCUT2D eigenvalue weighted by atomic mass is 9.39. The minimum absolute atomic E-state index is 0.402. The van der Waals surface area contributed by atoms with Crippen LogP contribution in [0.5, 0.6) is 0 Å². The van der Waals surface area contributed by atoms with Crippen LogP contribution in [0.1, 0.15) is 59.3 Å². The van der Waals surface area contributed by atoms with Crippen molar-refractivity contribution >= 4 is 0 Å². The Hall–Kier alpha value is -0.0400. The summed E-state index contributed by atoms with van der Waals surface area (Å²) in [6.45, 7) is 7.29. The third-order valence-corrected chi connectivity index (χ3v) is 5.64. The highest BCUT2D eigenvalue weighted by Crippen LogP contribution is 2.70. The third kappa shape index (κ3) is 1.32. The number of hydrogen-bond acceptors (Lipinski definition) is 1. The Labute approximate surface area is 93.8 Å². The molecule has 0 amide bonds. The molecular formula is C14H25N. The first kappa shape index (κ1) is 10.1. The second-order valence-electron chi connectivity index (χ2n) is 7.78. The van der Waals surface area contributed by atoms with Gasteiger partial charge in [0.2, 0.25) is 0 Å². The van der Waals surface area contributed by atoms with E-state index in [0.29, 0.717) is 22.3 Å². The normalized spacial score (nSPS) is 59.6. The van der Waals surface area contributed by atoms with E-state index in [0.717, 1.165) is 5.92 Å². The molecule has 4 aliphatic rings. The van der Waals surface area contributed by atoms with Crippen molar-refractivity contribution in [2.45, 2.75) is 65.3 Å². The van der Waals surface area contributed by atoms with Gasteiger partial charge in [0.25, 0.3) is 0 Å². The molecule has 4 bridgehead atoms. The van der Waals surface area contributed by atoms with E-state index in [-0.39, 0.29) is 0 Å². The molecule has 0 unspecified atom stereocenters. The minimum atomic E-state index is 0.402. The summed E-state index contributed by atoms with van der Waals surface area (Å²) >= 11 is 0. The van der Waals surface area contributed by atoms with Crippen LogP contribution in [0.25, 0.3) is 0 Å². The molecule has 4 fully saturated rings. The average molecular weight is 207 g/mol. The molecule has 0 aromatic heterocycles. The molecule has 0 spiro atoms. The fourth-order valence-electron chi connectivity index (χ4n) is 6.04. The molecular weight excluding hydrogens is 182 g/mol. The first-order valence-corrected chi connectivity index (χ1v) is 6.61. The van der Waals surface area contributed by atoms with Crippen molar-refractivity contribution in [3.05, 3.63) is 0 Å². The average Bonchev–Trinajstić information content (AvgIpc) is 1.95. The van der Waals surface area contributed by atoms with Gasteiger partial charge in [-0.15, -0.1) is 0 Å². The van der Waals surface area contributed by atoms with E-state index >= 15 is 0 Å². The van der Waals surface area contributed by atoms with Gasteiger partial charge in [0.1, 0.15) is 0 Å². The van der Waals surface area contributed by atoms with Gasteiger partial charge in [-0.05, 0) is 67.6 Å². The summed E-state index contributed by atoms with van der Waals surface area (Å²) < 4.78 is 0. The lowest BCUT2D eigenvalue weighted by molar-refractivity contribution is -0.151. The van der Waals surface area contributed by atoms with E-state index in [1.807, 2.05) is 0 Å². The molecule has 4 rings (SSSR count). The molecule has 15 heavy (non-hydrogen) atoms. The van der Waals surface area contributed by atoms with Crippen LogP contribution in [0, 0.1) is 22.2 Å². The zero-order valence-corrected chi connectivity index (χ0v) is 10.5. The summed E-state index contributed by atoms with van der Waals surface area (Å²) in [5.74, 6) is 0.988. The van der Waals surface area contributed by atoms with Gasteiger partial charge in [0.15, 0.2) is 0 Å². The Morgan fingerprint density at radius 2 is 1.53 bits per heavy atom. The van der Waals surface area contributed by atoms with Crippen LogP contribution in [0.15, 0.2) is 0 Å². The molecule has 3 atom stereocenters. The van der Waals surface area contributed by atoms with Crippen LogP contribution < -0.4 is 5.73 Å². The second-order valence-corrected chi connectivity index (χ2v) is 7.78. The highest BCUT2D eigenvalue weighted by Gasteiger charge is 2.60. The van der Waals surface area contributed by atoms with Crippen molar-refractivity contribution < 1.29 is 0 Å². The van der Waals surface area contributed by atoms with Gasteiger partial charge in [-0.1, -0.05) is 13.8 Å². The first-order chi connectivity index (χ1) is 6.85. The van der Waals surface area contributed by atoms with Gasteiger partial charge < -0.3 is 5.73 Å². The Morgan fingerprint density at radius 1 is 1.00 bits per heavy atom. The maximum Gasteiger partial charge on any atom is 0.00675 e. The van der Waals surface area contributed by atoms with E-state index < -0.39 is 0 Å². The molecule has 1 nitrogen and oxygen atoms in total. The van der Waals surface area contributed by atoms with Crippen LogP contribution in [-0.4, -0.2) is 6.04 Å². The van der Waals surface area contributed by atoms with Gasteiger partial charge in [0, 0.05) is 6.04 Å². The van der Waals surface area contributed by atoms with Crippen LogP contribution in [0.3, 0.4) is 0 Å². The number of rotatable bonds is 1. The Morgan fingerprint density at radius 3 is 1.93 bits per heavy atom. The largest absolute Gasteiger partial charge is 0.327 e. The monoisotopic (exact) mass is 207 g/mol.